The van der Waals surface area contributed by atoms with Gasteiger partial charge in [0.1, 0.15) is 5.92 Å². The van der Waals surface area contributed by atoms with Crippen molar-refractivity contribution >= 4 is 11.8 Å². The van der Waals surface area contributed by atoms with Crippen molar-refractivity contribution in [1.82, 2.24) is 0 Å². The second-order valence-electron chi connectivity index (χ2n) is 2.50. The fourth-order valence-corrected chi connectivity index (χ4v) is 0.524. The van der Waals surface area contributed by atoms with Gasteiger partial charge in [0.15, 0.2) is 0 Å². The largest absolute Gasteiger partial charge is 0.481 e. The molecule has 0 fully saturated rings. The van der Waals surface area contributed by atoms with Crippen LogP contribution in [0.5, 0.6) is 0 Å². The molecule has 0 radical (unpaired) electrons. The van der Waals surface area contributed by atoms with Crippen molar-refractivity contribution in [2.24, 2.45) is 5.92 Å². The number of halogens is 5. The van der Waals surface area contributed by atoms with Gasteiger partial charge in [0, 0.05) is 0 Å². The summed E-state index contributed by atoms with van der Waals surface area (Å²) >= 11 is 0. The predicted octanol–water partition coefficient (Wildman–Crippen LogP) is 1.47. The molecule has 0 saturated carbocycles. The third-order valence-electron chi connectivity index (χ3n) is 1.43. The molecule has 0 amide bonds. The number of hydrogen-bond donors (Lipinski definition) is 1. The van der Waals surface area contributed by atoms with E-state index < -0.39 is 29.8 Å². The second kappa shape index (κ2) is 3.50. The highest BCUT2D eigenvalue weighted by Crippen LogP contribution is 2.37. The van der Waals surface area contributed by atoms with Crippen molar-refractivity contribution in [3.63, 3.8) is 0 Å². The van der Waals surface area contributed by atoms with Gasteiger partial charge in [0.2, 0.25) is 5.78 Å². The predicted molar refractivity (Wildman–Crippen MR) is 32.8 cm³/mol. The van der Waals surface area contributed by atoms with E-state index in [1.54, 1.807) is 0 Å². The zero-order chi connectivity index (χ0) is 11.7. The van der Waals surface area contributed by atoms with Gasteiger partial charge in [0.25, 0.3) is 0 Å². The van der Waals surface area contributed by atoms with Gasteiger partial charge < -0.3 is 5.11 Å². The van der Waals surface area contributed by atoms with E-state index in [-0.39, 0.29) is 0 Å². The van der Waals surface area contributed by atoms with Crippen molar-refractivity contribution in [2.45, 2.75) is 19.0 Å². The quantitative estimate of drug-likeness (QED) is 0.578. The lowest BCUT2D eigenvalue weighted by Gasteiger charge is -2.19. The molecule has 82 valence electrons. The first kappa shape index (κ1) is 12.8. The van der Waals surface area contributed by atoms with Crippen LogP contribution in [0.2, 0.25) is 0 Å². The van der Waals surface area contributed by atoms with E-state index in [0.717, 1.165) is 0 Å². The van der Waals surface area contributed by atoms with Crippen molar-refractivity contribution in [1.29, 1.82) is 0 Å². The number of carboxylic acid groups (broad SMARTS) is 1. The Morgan fingerprint density at radius 2 is 1.50 bits per heavy atom. The Morgan fingerprint density at radius 3 is 1.71 bits per heavy atom. The van der Waals surface area contributed by atoms with Gasteiger partial charge in [-0.05, 0) is 6.92 Å². The van der Waals surface area contributed by atoms with Crippen LogP contribution < -0.4 is 0 Å². The van der Waals surface area contributed by atoms with Crippen LogP contribution in [0.3, 0.4) is 0 Å². The molecule has 0 heterocycles. The summed E-state index contributed by atoms with van der Waals surface area (Å²) in [6, 6.07) is 0. The number of hydrogen-bond acceptors (Lipinski definition) is 2. The van der Waals surface area contributed by atoms with Crippen LogP contribution in [0.15, 0.2) is 0 Å². The number of ketones is 1. The van der Waals surface area contributed by atoms with Crippen LogP contribution in [0, 0.1) is 5.92 Å². The Morgan fingerprint density at radius 1 is 1.14 bits per heavy atom. The first-order chi connectivity index (χ1) is 6.01. The lowest BCUT2D eigenvalue weighted by atomic mass is 10.0. The molecular weight excluding hydrogens is 215 g/mol. The zero-order valence-corrected chi connectivity index (χ0v) is 6.73. The summed E-state index contributed by atoms with van der Waals surface area (Å²) in [6.07, 6.45) is -6.06. The second-order valence-corrected chi connectivity index (χ2v) is 2.50. The molecule has 0 spiro atoms. The number of rotatable bonds is 3. The lowest BCUT2D eigenvalue weighted by Crippen LogP contribution is -2.48. The van der Waals surface area contributed by atoms with Gasteiger partial charge >= 0.3 is 18.1 Å². The number of aliphatic carboxylic acids is 1. The standard InChI is InChI=1S/C6H5F5O3/c1-2(4(13)14)3(12)5(7,8)6(9,10)11/h2H,1H3,(H,13,14). The summed E-state index contributed by atoms with van der Waals surface area (Å²) in [5.41, 5.74) is 0. The normalized spacial score (nSPS) is 15.0. The first-order valence-corrected chi connectivity index (χ1v) is 3.23. The minimum atomic E-state index is -6.06. The minimum absolute atomic E-state index is 0.463. The van der Waals surface area contributed by atoms with Crippen molar-refractivity contribution in [3.8, 4) is 0 Å². The molecule has 8 heteroatoms. The average molecular weight is 220 g/mol. The average Bonchev–Trinajstić information content (AvgIpc) is 1.99. The molecule has 0 bridgehead atoms. The maximum Gasteiger partial charge on any atom is 0.461 e. The van der Waals surface area contributed by atoms with Crippen molar-refractivity contribution < 1.29 is 36.6 Å². The monoisotopic (exact) mass is 220 g/mol. The number of carbonyl (C=O) groups excluding carboxylic acids is 1. The fraction of sp³-hybridized carbons (Fsp3) is 0.667. The molecular formula is C6H5F5O3. The Labute approximate surface area is 74.5 Å². The Hall–Kier alpha value is -1.21. The van der Waals surface area contributed by atoms with E-state index in [0.29, 0.717) is 6.92 Å². The van der Waals surface area contributed by atoms with Crippen molar-refractivity contribution in [2.75, 3.05) is 0 Å². The SMILES string of the molecule is CC(C(=O)O)C(=O)C(F)(F)C(F)(F)F. The maximum absolute atomic E-state index is 12.2. The molecule has 0 saturated heterocycles. The maximum atomic E-state index is 12.2. The lowest BCUT2D eigenvalue weighted by molar-refractivity contribution is -0.270. The highest BCUT2D eigenvalue weighted by Gasteiger charge is 2.64. The summed E-state index contributed by atoms with van der Waals surface area (Å²) in [7, 11) is 0. The molecule has 14 heavy (non-hydrogen) atoms. The molecule has 1 unspecified atom stereocenters. The Kier molecular flexibility index (Phi) is 3.20. The smallest absolute Gasteiger partial charge is 0.461 e. The van der Waals surface area contributed by atoms with Gasteiger partial charge in [-0.25, -0.2) is 0 Å². The molecule has 1 atom stereocenters. The van der Waals surface area contributed by atoms with E-state index in [4.69, 9.17) is 5.11 Å². The van der Waals surface area contributed by atoms with Crippen LogP contribution in [-0.4, -0.2) is 29.0 Å². The van der Waals surface area contributed by atoms with Gasteiger partial charge in [-0.3, -0.25) is 9.59 Å². The van der Waals surface area contributed by atoms with E-state index in [1.807, 2.05) is 0 Å². The van der Waals surface area contributed by atoms with Crippen LogP contribution in [0.4, 0.5) is 22.0 Å². The molecule has 0 aromatic rings. The number of Topliss-reactive ketones (excluding diaryl/α,β-unsaturated/α-hetero) is 1. The summed E-state index contributed by atoms with van der Waals surface area (Å²) in [6.45, 7) is 0.463. The summed E-state index contributed by atoms with van der Waals surface area (Å²) in [5.74, 6) is -12.7. The molecule has 1 N–H and O–H groups in total. The number of carboxylic acids is 1. The third-order valence-corrected chi connectivity index (χ3v) is 1.43. The molecule has 0 aliphatic carbocycles. The van der Waals surface area contributed by atoms with Crippen LogP contribution in [0.1, 0.15) is 6.92 Å². The van der Waals surface area contributed by atoms with Crippen LogP contribution in [0.25, 0.3) is 0 Å². The van der Waals surface area contributed by atoms with Crippen molar-refractivity contribution in [3.05, 3.63) is 0 Å². The topological polar surface area (TPSA) is 54.4 Å². The molecule has 0 rings (SSSR count). The molecule has 0 aliphatic heterocycles. The number of alkyl halides is 5. The van der Waals surface area contributed by atoms with Crippen LogP contribution in [-0.2, 0) is 9.59 Å². The molecule has 0 aromatic carbocycles. The Balaban J connectivity index is 4.95. The fourth-order valence-electron chi connectivity index (χ4n) is 0.524. The van der Waals surface area contributed by atoms with E-state index in [9.17, 15) is 31.5 Å². The van der Waals surface area contributed by atoms with Crippen LogP contribution >= 0.6 is 0 Å². The van der Waals surface area contributed by atoms with Gasteiger partial charge in [-0.2, -0.15) is 22.0 Å². The van der Waals surface area contributed by atoms with E-state index in [1.165, 1.54) is 0 Å². The highest BCUT2D eigenvalue weighted by atomic mass is 19.4. The summed E-state index contributed by atoms with van der Waals surface area (Å²) < 4.78 is 59.0. The zero-order valence-electron chi connectivity index (χ0n) is 6.73. The first-order valence-electron chi connectivity index (χ1n) is 3.23. The summed E-state index contributed by atoms with van der Waals surface area (Å²) in [5, 5.41) is 8.06. The van der Waals surface area contributed by atoms with Gasteiger partial charge in [-0.15, -0.1) is 0 Å². The minimum Gasteiger partial charge on any atom is -0.481 e. The number of carbonyl (C=O) groups is 2. The van der Waals surface area contributed by atoms with E-state index >= 15 is 0 Å². The Bertz CT molecular complexity index is 257. The molecule has 3 nitrogen and oxygen atoms in total. The molecule has 0 aliphatic rings. The highest BCUT2D eigenvalue weighted by molar-refractivity contribution is 6.01. The summed E-state index contributed by atoms with van der Waals surface area (Å²) in [4.78, 5) is 20.4. The van der Waals surface area contributed by atoms with Gasteiger partial charge in [-0.1, -0.05) is 0 Å². The van der Waals surface area contributed by atoms with E-state index in [2.05, 4.69) is 0 Å². The third kappa shape index (κ3) is 2.18. The van der Waals surface area contributed by atoms with Gasteiger partial charge in [0.05, 0.1) is 0 Å². The molecule has 0 aromatic heterocycles.